The normalized spacial score (nSPS) is 15.3. The zero-order valence-electron chi connectivity index (χ0n) is 19.9. The van der Waals surface area contributed by atoms with Gasteiger partial charge >= 0.3 is 6.09 Å². The molecule has 0 saturated carbocycles. The minimum atomic E-state index is -0.702. The van der Waals surface area contributed by atoms with E-state index in [1.54, 1.807) is 28.9 Å². The van der Waals surface area contributed by atoms with E-state index in [0.717, 1.165) is 5.56 Å². The average Bonchev–Trinajstić information content (AvgIpc) is 3.36. The van der Waals surface area contributed by atoms with Crippen molar-refractivity contribution in [3.63, 3.8) is 0 Å². The molecule has 0 unspecified atom stereocenters. The van der Waals surface area contributed by atoms with Crippen molar-refractivity contribution in [2.75, 3.05) is 26.7 Å². The maximum atomic E-state index is 13.0. The van der Waals surface area contributed by atoms with Gasteiger partial charge in [-0.3, -0.25) is 9.59 Å². The molecule has 3 heterocycles. The number of methoxy groups -OCH3 is 1. The minimum Gasteiger partial charge on any atom is -0.494 e. The van der Waals surface area contributed by atoms with Crippen molar-refractivity contribution in [2.24, 2.45) is 5.92 Å². The van der Waals surface area contributed by atoms with Gasteiger partial charge in [0.25, 0.3) is 11.7 Å². The van der Waals surface area contributed by atoms with Crippen LogP contribution in [-0.2, 0) is 20.7 Å². The molecule has 1 fully saturated rings. The Morgan fingerprint density at radius 1 is 1.21 bits per heavy atom. The highest BCUT2D eigenvalue weighted by Gasteiger charge is 2.35. The lowest BCUT2D eigenvalue weighted by atomic mass is 9.99. The van der Waals surface area contributed by atoms with Gasteiger partial charge in [-0.2, -0.15) is 5.10 Å². The molecule has 11 nitrogen and oxygen atoms in total. The third kappa shape index (κ3) is 4.63. The zero-order chi connectivity index (χ0) is 24.6. The third-order valence-corrected chi connectivity index (χ3v) is 5.56. The molecule has 0 atom stereocenters. The number of carbonyl (C=O) groups excluding carboxylic acids is 3. The lowest BCUT2D eigenvalue weighted by Crippen LogP contribution is -2.55. The van der Waals surface area contributed by atoms with Gasteiger partial charge in [0.15, 0.2) is 5.82 Å². The number of ketones is 1. The van der Waals surface area contributed by atoms with Gasteiger partial charge in [-0.1, -0.05) is 6.08 Å². The monoisotopic (exact) mass is 468 g/mol. The number of Topliss-reactive ketones (excluding diaryl/α,β-unsaturated/α-hetero) is 1. The van der Waals surface area contributed by atoms with Crippen LogP contribution in [0.1, 0.15) is 37.7 Å². The van der Waals surface area contributed by atoms with Gasteiger partial charge in [-0.05, 0) is 34.1 Å². The number of nitrogens with zero attached hydrogens (tertiary/aromatic N) is 5. The maximum absolute atomic E-state index is 13.0. The van der Waals surface area contributed by atoms with Gasteiger partial charge in [0, 0.05) is 42.3 Å². The molecule has 0 radical (unpaired) electrons. The van der Waals surface area contributed by atoms with Crippen molar-refractivity contribution in [1.29, 1.82) is 0 Å². The van der Waals surface area contributed by atoms with E-state index in [1.165, 1.54) is 13.3 Å². The molecule has 0 aromatic carbocycles. The number of aromatic nitrogens is 4. The van der Waals surface area contributed by atoms with Crippen LogP contribution >= 0.6 is 0 Å². The number of pyridine rings is 1. The van der Waals surface area contributed by atoms with E-state index < -0.39 is 17.3 Å². The first-order chi connectivity index (χ1) is 16.1. The molecular formula is C23H28N6O5. The van der Waals surface area contributed by atoms with Crippen LogP contribution in [0.5, 0.6) is 5.75 Å². The van der Waals surface area contributed by atoms with E-state index in [-0.39, 0.29) is 17.6 Å². The summed E-state index contributed by atoms with van der Waals surface area (Å²) in [6.45, 7) is 8.43. The molecule has 0 spiro atoms. The van der Waals surface area contributed by atoms with E-state index in [9.17, 15) is 14.4 Å². The van der Waals surface area contributed by atoms with Crippen molar-refractivity contribution in [2.45, 2.75) is 39.7 Å². The number of amides is 2. The first-order valence-electron chi connectivity index (χ1n) is 11.0. The molecular weight excluding hydrogens is 440 g/mol. The number of rotatable bonds is 6. The number of likely N-dealkylation sites (tertiary alicyclic amines) is 1. The maximum Gasteiger partial charge on any atom is 0.410 e. The number of hydrogen-bond acceptors (Lipinski definition) is 8. The molecule has 1 N–H and O–H groups in total. The van der Waals surface area contributed by atoms with Gasteiger partial charge in [0.1, 0.15) is 23.5 Å². The molecule has 2 amide bonds. The fourth-order valence-corrected chi connectivity index (χ4v) is 3.94. The van der Waals surface area contributed by atoms with E-state index in [4.69, 9.17) is 9.47 Å². The Morgan fingerprint density at radius 3 is 2.56 bits per heavy atom. The van der Waals surface area contributed by atoms with Gasteiger partial charge < -0.3 is 19.7 Å². The van der Waals surface area contributed by atoms with Gasteiger partial charge in [-0.25, -0.2) is 19.4 Å². The Labute approximate surface area is 197 Å². The van der Waals surface area contributed by atoms with Crippen LogP contribution in [0.2, 0.25) is 0 Å². The Morgan fingerprint density at radius 2 is 1.94 bits per heavy atom. The summed E-state index contributed by atoms with van der Waals surface area (Å²) < 4.78 is 12.3. The van der Waals surface area contributed by atoms with Crippen LogP contribution in [0.3, 0.4) is 0 Å². The number of ether oxygens (including phenoxy) is 2. The second kappa shape index (κ2) is 8.88. The summed E-state index contributed by atoms with van der Waals surface area (Å²) in [4.78, 5) is 47.8. The predicted octanol–water partition coefficient (Wildman–Crippen LogP) is 1.47. The summed E-state index contributed by atoms with van der Waals surface area (Å²) in [5, 5.41) is 6.99. The summed E-state index contributed by atoms with van der Waals surface area (Å²) in [6, 6.07) is 0. The van der Waals surface area contributed by atoms with Crippen LogP contribution in [0.25, 0.3) is 11.4 Å². The first kappa shape index (κ1) is 23.4. The predicted molar refractivity (Wildman–Crippen MR) is 121 cm³/mol. The largest absolute Gasteiger partial charge is 0.494 e. The van der Waals surface area contributed by atoms with Crippen molar-refractivity contribution < 1.29 is 23.9 Å². The molecule has 1 aliphatic carbocycles. The number of hydrogen-bond donors (Lipinski definition) is 1. The van der Waals surface area contributed by atoms with E-state index >= 15 is 0 Å². The average molecular weight is 469 g/mol. The smallest absolute Gasteiger partial charge is 0.410 e. The van der Waals surface area contributed by atoms with Crippen molar-refractivity contribution in [1.82, 2.24) is 30.0 Å². The molecule has 1 saturated heterocycles. The van der Waals surface area contributed by atoms with Crippen LogP contribution in [0.15, 0.2) is 18.6 Å². The topological polar surface area (TPSA) is 129 Å². The first-order valence-corrected chi connectivity index (χ1v) is 11.0. The Hall–Kier alpha value is -3.76. The van der Waals surface area contributed by atoms with Crippen LogP contribution in [0, 0.1) is 12.8 Å². The van der Waals surface area contributed by atoms with Crippen molar-refractivity contribution >= 4 is 23.4 Å². The second-order valence-electron chi connectivity index (χ2n) is 9.35. The summed E-state index contributed by atoms with van der Waals surface area (Å²) >= 11 is 0. The Balaban J connectivity index is 1.40. The fraction of sp³-hybridized carbons (Fsp3) is 0.478. The molecule has 34 heavy (non-hydrogen) atoms. The van der Waals surface area contributed by atoms with Crippen LogP contribution < -0.4 is 10.1 Å². The highest BCUT2D eigenvalue weighted by Crippen LogP contribution is 2.37. The van der Waals surface area contributed by atoms with E-state index in [2.05, 4.69) is 20.4 Å². The Kier molecular flexibility index (Phi) is 6.11. The molecule has 2 aliphatic rings. The second-order valence-corrected chi connectivity index (χ2v) is 9.35. The molecule has 0 bridgehead atoms. The SMILES string of the molecule is COc1cnc(-n2cnc(C)n2)c2c1C(C(=O)C(=O)NCC1CN(C(=O)OC(C)(C)C)C1)=CC2. The fourth-order valence-electron chi connectivity index (χ4n) is 3.94. The number of aryl methyl sites for hydroxylation is 1. The summed E-state index contributed by atoms with van der Waals surface area (Å²) in [5.74, 6) is 0.253. The zero-order valence-corrected chi connectivity index (χ0v) is 19.9. The molecule has 2 aromatic heterocycles. The number of carbonyl (C=O) groups is 3. The Bertz CT molecular complexity index is 1170. The van der Waals surface area contributed by atoms with Gasteiger partial charge in [0.05, 0.1) is 13.3 Å². The lowest BCUT2D eigenvalue weighted by molar-refractivity contribution is -0.134. The van der Waals surface area contributed by atoms with E-state index in [1.807, 2.05) is 20.8 Å². The standard InChI is InChI=1S/C23H28N6O5/c1-13-26-12-29(27-13)20-16-7-6-15(18(16)17(33-5)9-24-20)19(30)21(31)25-8-14-10-28(11-14)22(32)34-23(2,3)4/h6,9,12,14H,7-8,10-11H2,1-5H3,(H,25,31). The number of nitrogens with one attached hydrogen (secondary N) is 1. The van der Waals surface area contributed by atoms with Crippen LogP contribution in [-0.4, -0.2) is 74.8 Å². The number of allylic oxidation sites excluding steroid dienone is 1. The molecule has 2 aromatic rings. The highest BCUT2D eigenvalue weighted by atomic mass is 16.6. The summed E-state index contributed by atoms with van der Waals surface area (Å²) in [7, 11) is 1.49. The van der Waals surface area contributed by atoms with Gasteiger partial charge in [0.2, 0.25) is 0 Å². The van der Waals surface area contributed by atoms with E-state index in [0.29, 0.717) is 49.0 Å². The van der Waals surface area contributed by atoms with Crippen molar-refractivity contribution in [3.05, 3.63) is 35.6 Å². The molecule has 11 heteroatoms. The molecule has 1 aliphatic heterocycles. The summed E-state index contributed by atoms with van der Waals surface area (Å²) in [5.41, 5.74) is 0.999. The highest BCUT2D eigenvalue weighted by molar-refractivity contribution is 6.54. The molecule has 180 valence electrons. The number of fused-ring (bicyclic) bond motifs is 1. The van der Waals surface area contributed by atoms with Crippen LogP contribution in [0.4, 0.5) is 4.79 Å². The third-order valence-electron chi connectivity index (χ3n) is 5.56. The van der Waals surface area contributed by atoms with Crippen molar-refractivity contribution in [3.8, 4) is 11.6 Å². The minimum absolute atomic E-state index is 0.0648. The van der Waals surface area contributed by atoms with Gasteiger partial charge in [-0.15, -0.1) is 0 Å². The quantitative estimate of drug-likeness (QED) is 0.631. The summed E-state index contributed by atoms with van der Waals surface area (Å²) in [6.07, 6.45) is 4.80. The molecule has 4 rings (SSSR count). The lowest BCUT2D eigenvalue weighted by Gasteiger charge is -2.39.